The molecular formula is CH4NORb. The molecule has 0 saturated carbocycles. The Labute approximate surface area is 74.4 Å². The predicted octanol–water partition coefficient (Wildman–Crippen LogP) is -2.40. The largest absolute Gasteiger partial charge is 1.00 e. The van der Waals surface area contributed by atoms with Crippen LogP contribution in [0.3, 0.4) is 0 Å². The van der Waals surface area contributed by atoms with Gasteiger partial charge in [-0.05, 0) is 0 Å². The van der Waals surface area contributed by atoms with Crippen molar-refractivity contribution in [2.75, 3.05) is 7.11 Å². The molecule has 2 nitrogen and oxygen atoms in total. The van der Waals surface area contributed by atoms with E-state index in [-0.39, 0.29) is 58.2 Å². The molecule has 20 valence electrons. The summed E-state index contributed by atoms with van der Waals surface area (Å²) < 4.78 is 0. The van der Waals surface area contributed by atoms with Gasteiger partial charge in [0.05, 0.1) is 0 Å². The van der Waals surface area contributed by atoms with Gasteiger partial charge in [-0.15, -0.1) is 0 Å². The zero-order valence-electron chi connectivity index (χ0n) is 2.91. The zero-order valence-corrected chi connectivity index (χ0v) is 7.82. The second-order valence-electron chi connectivity index (χ2n) is 0.204. The first kappa shape index (κ1) is 9.21. The molecule has 0 aliphatic rings. The van der Waals surface area contributed by atoms with E-state index in [1.54, 1.807) is 0 Å². The van der Waals surface area contributed by atoms with Gasteiger partial charge < -0.3 is 10.7 Å². The van der Waals surface area contributed by atoms with Crippen molar-refractivity contribution in [3.8, 4) is 0 Å². The van der Waals surface area contributed by atoms with Gasteiger partial charge >= 0.3 is 58.2 Å². The molecular weight excluding hydrogens is 127 g/mol. The Hall–Kier alpha value is 1.73. The molecule has 0 atom stereocenters. The van der Waals surface area contributed by atoms with E-state index >= 15 is 0 Å². The molecule has 0 unspecified atom stereocenters. The van der Waals surface area contributed by atoms with E-state index in [2.05, 4.69) is 4.84 Å². The van der Waals surface area contributed by atoms with E-state index in [9.17, 15) is 0 Å². The maximum atomic E-state index is 5.71. The van der Waals surface area contributed by atoms with Crippen molar-refractivity contribution in [1.82, 2.24) is 0 Å². The molecule has 0 aliphatic carbocycles. The summed E-state index contributed by atoms with van der Waals surface area (Å²) in [5.74, 6) is 5.71. The van der Waals surface area contributed by atoms with Crippen molar-refractivity contribution >= 4 is 0 Å². The minimum Gasteiger partial charge on any atom is -0.550 e. The maximum absolute atomic E-state index is 5.71. The third-order valence-electron chi connectivity index (χ3n) is 0. The molecule has 0 rings (SSSR count). The first-order valence-corrected chi connectivity index (χ1v) is 0.612. The summed E-state index contributed by atoms with van der Waals surface area (Å²) in [7, 11) is 1.29. The van der Waals surface area contributed by atoms with Crippen LogP contribution in [0.4, 0.5) is 0 Å². The molecule has 0 heterocycles. The topological polar surface area (TPSA) is 33.0 Å². The minimum absolute atomic E-state index is 0. The number of hydrogen-bond donors (Lipinski definition) is 0. The van der Waals surface area contributed by atoms with E-state index in [4.69, 9.17) is 5.90 Å². The fourth-order valence-corrected chi connectivity index (χ4v) is 0. The SMILES string of the molecule is CO[NH-].[Rb+]. The van der Waals surface area contributed by atoms with Crippen LogP contribution in [0.1, 0.15) is 0 Å². The van der Waals surface area contributed by atoms with Crippen LogP contribution in [0, 0.1) is 0 Å². The fraction of sp³-hybridized carbons (Fsp3) is 1.00. The van der Waals surface area contributed by atoms with E-state index < -0.39 is 0 Å². The van der Waals surface area contributed by atoms with Crippen LogP contribution < -0.4 is 58.2 Å². The van der Waals surface area contributed by atoms with Crippen molar-refractivity contribution < 1.29 is 63.0 Å². The molecule has 0 aromatic heterocycles. The van der Waals surface area contributed by atoms with Gasteiger partial charge in [0.1, 0.15) is 0 Å². The van der Waals surface area contributed by atoms with Crippen molar-refractivity contribution in [3.05, 3.63) is 5.90 Å². The van der Waals surface area contributed by atoms with Crippen LogP contribution in [0.25, 0.3) is 5.90 Å². The summed E-state index contributed by atoms with van der Waals surface area (Å²) in [5, 5.41) is 0. The van der Waals surface area contributed by atoms with E-state index in [1.807, 2.05) is 0 Å². The zero-order chi connectivity index (χ0) is 2.71. The second kappa shape index (κ2) is 8.83. The molecule has 0 amide bonds. The average Bonchev–Trinajstić information content (AvgIpc) is 0.918. The van der Waals surface area contributed by atoms with Gasteiger partial charge in [-0.1, -0.05) is 0 Å². The molecule has 0 aromatic rings. The molecule has 0 aliphatic heterocycles. The van der Waals surface area contributed by atoms with Gasteiger partial charge in [0, 0.05) is 7.11 Å². The molecule has 1 N–H and O–H groups in total. The molecule has 0 saturated heterocycles. The van der Waals surface area contributed by atoms with Gasteiger partial charge in [-0.25, -0.2) is 0 Å². The first-order valence-electron chi connectivity index (χ1n) is 0.612. The summed E-state index contributed by atoms with van der Waals surface area (Å²) in [6, 6.07) is 0. The number of rotatable bonds is 0. The van der Waals surface area contributed by atoms with E-state index in [1.165, 1.54) is 7.11 Å². The Kier molecular flexibility index (Phi) is 20.3. The Balaban J connectivity index is 0. The smallest absolute Gasteiger partial charge is 0.550 e. The van der Waals surface area contributed by atoms with Crippen molar-refractivity contribution in [1.29, 1.82) is 0 Å². The Morgan fingerprint density at radius 3 is 1.75 bits per heavy atom. The summed E-state index contributed by atoms with van der Waals surface area (Å²) in [6.07, 6.45) is 0. The summed E-state index contributed by atoms with van der Waals surface area (Å²) >= 11 is 0. The molecule has 0 aromatic carbocycles. The predicted molar refractivity (Wildman–Crippen MR) is 11.3 cm³/mol. The molecule has 0 bridgehead atoms. The standard InChI is InChI=1S/CH4NO.Rb/c1-3-2;/h2H,1H3;/q-1;+1. The Morgan fingerprint density at radius 2 is 1.75 bits per heavy atom. The van der Waals surface area contributed by atoms with Gasteiger partial charge in [-0.3, -0.25) is 0 Å². The van der Waals surface area contributed by atoms with Gasteiger partial charge in [0.2, 0.25) is 0 Å². The number of nitrogens with one attached hydrogen (secondary N) is 1. The molecule has 3 heteroatoms. The van der Waals surface area contributed by atoms with E-state index in [0.717, 1.165) is 0 Å². The summed E-state index contributed by atoms with van der Waals surface area (Å²) in [6.45, 7) is 0. The average molecular weight is 132 g/mol. The quantitative estimate of drug-likeness (QED) is 0.338. The fourth-order valence-electron chi connectivity index (χ4n) is 0. The maximum Gasteiger partial charge on any atom is 1.00 e. The van der Waals surface area contributed by atoms with Gasteiger partial charge in [0.15, 0.2) is 0 Å². The normalized spacial score (nSPS) is 4.50. The van der Waals surface area contributed by atoms with Crippen molar-refractivity contribution in [2.24, 2.45) is 0 Å². The van der Waals surface area contributed by atoms with E-state index in [0.29, 0.717) is 0 Å². The molecule has 4 heavy (non-hydrogen) atoms. The summed E-state index contributed by atoms with van der Waals surface area (Å²) in [4.78, 5) is 3.50. The summed E-state index contributed by atoms with van der Waals surface area (Å²) in [5.41, 5.74) is 0. The Bertz CT molecular complexity index is 8.00. The van der Waals surface area contributed by atoms with Crippen LogP contribution in [0.15, 0.2) is 0 Å². The van der Waals surface area contributed by atoms with Crippen LogP contribution in [-0.2, 0) is 4.84 Å². The van der Waals surface area contributed by atoms with Crippen LogP contribution >= 0.6 is 0 Å². The molecule has 0 spiro atoms. The third kappa shape index (κ3) is 9.30. The van der Waals surface area contributed by atoms with Crippen molar-refractivity contribution in [3.63, 3.8) is 0 Å². The molecule has 0 fully saturated rings. The minimum atomic E-state index is 0. The molecule has 0 radical (unpaired) electrons. The van der Waals surface area contributed by atoms with Gasteiger partial charge in [-0.2, -0.15) is 0 Å². The van der Waals surface area contributed by atoms with Gasteiger partial charge in [0.25, 0.3) is 0 Å². The second-order valence-corrected chi connectivity index (χ2v) is 0.204. The van der Waals surface area contributed by atoms with Crippen LogP contribution in [0.2, 0.25) is 0 Å². The number of hydrogen-bond acceptors (Lipinski definition) is 1. The Morgan fingerprint density at radius 1 is 1.75 bits per heavy atom. The van der Waals surface area contributed by atoms with Crippen molar-refractivity contribution in [2.45, 2.75) is 0 Å². The third-order valence-corrected chi connectivity index (χ3v) is 0. The van der Waals surface area contributed by atoms with Crippen LogP contribution in [-0.4, -0.2) is 7.11 Å². The monoisotopic (exact) mass is 131 g/mol. The van der Waals surface area contributed by atoms with Crippen LogP contribution in [0.5, 0.6) is 0 Å². The first-order chi connectivity index (χ1) is 1.41.